The summed E-state index contributed by atoms with van der Waals surface area (Å²) in [5.41, 5.74) is 0.980. The maximum absolute atomic E-state index is 13.1. The number of likely N-dealkylation sites (N-methyl/N-ethyl adjacent to an activating group) is 1. The van der Waals surface area contributed by atoms with Crippen molar-refractivity contribution in [2.45, 2.75) is 38.6 Å². The summed E-state index contributed by atoms with van der Waals surface area (Å²) in [6.45, 7) is 4.68. The SMILES string of the molecule is CCCNC(=O)C[NH+](C)[C@H](C(=O)N1CCCCC1)c1ccccc1. The Labute approximate surface area is 145 Å². The lowest BCUT2D eigenvalue weighted by molar-refractivity contribution is -0.894. The summed E-state index contributed by atoms with van der Waals surface area (Å²) in [5, 5.41) is 2.90. The summed E-state index contributed by atoms with van der Waals surface area (Å²) < 4.78 is 0. The predicted molar refractivity (Wildman–Crippen MR) is 94.7 cm³/mol. The zero-order valence-corrected chi connectivity index (χ0v) is 14.9. The van der Waals surface area contributed by atoms with Crippen molar-refractivity contribution in [1.29, 1.82) is 0 Å². The Morgan fingerprint density at radius 1 is 1.17 bits per heavy atom. The second-order valence-electron chi connectivity index (χ2n) is 6.60. The van der Waals surface area contributed by atoms with Gasteiger partial charge in [-0.1, -0.05) is 37.3 Å². The van der Waals surface area contributed by atoms with E-state index in [-0.39, 0.29) is 17.9 Å². The number of hydrogen-bond donors (Lipinski definition) is 2. The molecule has 1 heterocycles. The molecular weight excluding hydrogens is 302 g/mol. The van der Waals surface area contributed by atoms with Crippen molar-refractivity contribution >= 4 is 11.8 Å². The van der Waals surface area contributed by atoms with Crippen molar-refractivity contribution in [2.75, 3.05) is 33.2 Å². The van der Waals surface area contributed by atoms with Gasteiger partial charge in [0.2, 0.25) is 0 Å². The molecule has 2 rings (SSSR count). The highest BCUT2D eigenvalue weighted by molar-refractivity contribution is 5.82. The summed E-state index contributed by atoms with van der Waals surface area (Å²) in [7, 11) is 1.94. The maximum Gasteiger partial charge on any atom is 0.285 e. The van der Waals surface area contributed by atoms with Gasteiger partial charge in [-0.2, -0.15) is 0 Å². The van der Waals surface area contributed by atoms with E-state index in [2.05, 4.69) is 5.32 Å². The van der Waals surface area contributed by atoms with Crippen LogP contribution < -0.4 is 10.2 Å². The number of benzene rings is 1. The molecule has 132 valence electrons. The topological polar surface area (TPSA) is 53.9 Å². The van der Waals surface area contributed by atoms with Gasteiger partial charge in [-0.05, 0) is 25.7 Å². The molecule has 2 N–H and O–H groups in total. The van der Waals surface area contributed by atoms with Gasteiger partial charge in [-0.15, -0.1) is 0 Å². The van der Waals surface area contributed by atoms with Gasteiger partial charge in [0.05, 0.1) is 7.05 Å². The molecule has 0 aromatic heterocycles. The number of likely N-dealkylation sites (tertiary alicyclic amines) is 1. The molecule has 1 aromatic carbocycles. The van der Waals surface area contributed by atoms with E-state index in [1.165, 1.54) is 6.42 Å². The predicted octanol–water partition coefficient (Wildman–Crippen LogP) is 0.781. The number of amides is 2. The molecule has 1 aromatic rings. The zero-order valence-electron chi connectivity index (χ0n) is 14.9. The molecule has 2 amide bonds. The van der Waals surface area contributed by atoms with Gasteiger partial charge in [-0.3, -0.25) is 9.59 Å². The zero-order chi connectivity index (χ0) is 17.4. The summed E-state index contributed by atoms with van der Waals surface area (Å²) in [6, 6.07) is 9.51. The Balaban J connectivity index is 2.13. The van der Waals surface area contributed by atoms with Crippen molar-refractivity contribution in [3.05, 3.63) is 35.9 Å². The number of nitrogens with one attached hydrogen (secondary N) is 2. The maximum atomic E-state index is 13.1. The van der Waals surface area contributed by atoms with Crippen molar-refractivity contribution in [3.63, 3.8) is 0 Å². The van der Waals surface area contributed by atoms with E-state index in [4.69, 9.17) is 0 Å². The minimum Gasteiger partial charge on any atom is -0.351 e. The molecule has 0 aliphatic carbocycles. The Hall–Kier alpha value is -1.88. The van der Waals surface area contributed by atoms with Crippen LogP contribution in [-0.4, -0.2) is 49.9 Å². The molecule has 2 atom stereocenters. The van der Waals surface area contributed by atoms with Crippen LogP contribution in [0.4, 0.5) is 0 Å². The lowest BCUT2D eigenvalue weighted by Crippen LogP contribution is -3.11. The van der Waals surface area contributed by atoms with Crippen LogP contribution in [0.25, 0.3) is 0 Å². The van der Waals surface area contributed by atoms with E-state index in [0.717, 1.165) is 42.8 Å². The molecule has 1 aliphatic heterocycles. The molecule has 0 spiro atoms. The molecule has 5 nitrogen and oxygen atoms in total. The minimum atomic E-state index is -0.323. The molecule has 5 heteroatoms. The first-order valence-electron chi connectivity index (χ1n) is 9.06. The van der Waals surface area contributed by atoms with Crippen LogP contribution in [-0.2, 0) is 9.59 Å². The highest BCUT2D eigenvalue weighted by Gasteiger charge is 2.34. The number of hydrogen-bond acceptors (Lipinski definition) is 2. The van der Waals surface area contributed by atoms with Crippen molar-refractivity contribution in [3.8, 4) is 0 Å². The molecule has 0 radical (unpaired) electrons. The first kappa shape index (κ1) is 18.5. The highest BCUT2D eigenvalue weighted by Crippen LogP contribution is 2.16. The average molecular weight is 332 g/mol. The molecule has 24 heavy (non-hydrogen) atoms. The van der Waals surface area contributed by atoms with Crippen LogP contribution in [0.1, 0.15) is 44.2 Å². The molecule has 1 fully saturated rings. The van der Waals surface area contributed by atoms with Crippen molar-refractivity contribution in [1.82, 2.24) is 10.2 Å². The van der Waals surface area contributed by atoms with Gasteiger partial charge in [-0.25, -0.2) is 0 Å². The van der Waals surface area contributed by atoms with Gasteiger partial charge in [0.1, 0.15) is 0 Å². The van der Waals surface area contributed by atoms with Gasteiger partial charge in [0.25, 0.3) is 11.8 Å². The number of quaternary nitrogens is 1. The Morgan fingerprint density at radius 3 is 2.46 bits per heavy atom. The smallest absolute Gasteiger partial charge is 0.285 e. The fourth-order valence-electron chi connectivity index (χ4n) is 3.26. The van der Waals surface area contributed by atoms with Crippen LogP contribution in [0.5, 0.6) is 0 Å². The summed E-state index contributed by atoms with van der Waals surface area (Å²) >= 11 is 0. The van der Waals surface area contributed by atoms with Crippen LogP contribution in [0.3, 0.4) is 0 Å². The van der Waals surface area contributed by atoms with E-state index in [0.29, 0.717) is 13.1 Å². The van der Waals surface area contributed by atoms with Gasteiger partial charge in [0.15, 0.2) is 12.6 Å². The monoisotopic (exact) mass is 332 g/mol. The second-order valence-corrected chi connectivity index (χ2v) is 6.60. The van der Waals surface area contributed by atoms with Gasteiger partial charge >= 0.3 is 0 Å². The number of piperidine rings is 1. The third-order valence-corrected chi connectivity index (χ3v) is 4.55. The Kier molecular flexibility index (Phi) is 7.25. The van der Waals surface area contributed by atoms with Crippen LogP contribution in [0.15, 0.2) is 30.3 Å². The van der Waals surface area contributed by atoms with E-state index in [1.54, 1.807) is 0 Å². The normalized spacial score (nSPS) is 17.2. The second kappa shape index (κ2) is 9.42. The lowest BCUT2D eigenvalue weighted by atomic mass is 10.0. The minimum absolute atomic E-state index is 0.00160. The number of carbonyl (C=O) groups is 2. The van der Waals surface area contributed by atoms with Crippen LogP contribution >= 0.6 is 0 Å². The third-order valence-electron chi connectivity index (χ3n) is 4.55. The number of carbonyl (C=O) groups excluding carboxylic acids is 2. The largest absolute Gasteiger partial charge is 0.351 e. The Bertz CT molecular complexity index is 527. The molecule has 0 bridgehead atoms. The van der Waals surface area contributed by atoms with Gasteiger partial charge < -0.3 is 15.1 Å². The summed E-state index contributed by atoms with van der Waals surface area (Å²) in [5.74, 6) is 0.142. The van der Waals surface area contributed by atoms with Crippen molar-refractivity contribution in [2.24, 2.45) is 0 Å². The van der Waals surface area contributed by atoms with E-state index < -0.39 is 0 Å². The molecule has 1 unspecified atom stereocenters. The van der Waals surface area contributed by atoms with E-state index in [9.17, 15) is 9.59 Å². The van der Waals surface area contributed by atoms with Crippen LogP contribution in [0.2, 0.25) is 0 Å². The summed E-state index contributed by atoms with van der Waals surface area (Å²) in [4.78, 5) is 28.1. The van der Waals surface area contributed by atoms with Crippen LogP contribution in [0, 0.1) is 0 Å². The summed E-state index contributed by atoms with van der Waals surface area (Å²) in [6.07, 6.45) is 4.26. The number of rotatable bonds is 7. The molecule has 1 saturated heterocycles. The Morgan fingerprint density at radius 2 is 1.83 bits per heavy atom. The first-order valence-corrected chi connectivity index (χ1v) is 9.06. The fraction of sp³-hybridized carbons (Fsp3) is 0.579. The third kappa shape index (κ3) is 5.06. The first-order chi connectivity index (χ1) is 11.6. The van der Waals surface area contributed by atoms with E-state index >= 15 is 0 Å². The molecular formula is C19H30N3O2+. The lowest BCUT2D eigenvalue weighted by Gasteiger charge is -2.32. The standard InChI is InChI=1S/C19H29N3O2/c1-3-12-20-17(23)15-21(2)18(16-10-6-4-7-11-16)19(24)22-13-8-5-9-14-22/h4,6-7,10-11,18H,3,5,8-9,12-15H2,1-2H3,(H,20,23)/p+1/t18-/m0/s1. The van der Waals surface area contributed by atoms with E-state index in [1.807, 2.05) is 49.2 Å². The fourth-order valence-corrected chi connectivity index (χ4v) is 3.26. The molecule has 1 aliphatic rings. The number of nitrogens with zero attached hydrogens (tertiary/aromatic N) is 1. The van der Waals surface area contributed by atoms with Crippen molar-refractivity contribution < 1.29 is 14.5 Å². The van der Waals surface area contributed by atoms with Gasteiger partial charge in [0, 0.05) is 25.2 Å². The average Bonchev–Trinajstić information content (AvgIpc) is 2.61. The molecule has 0 saturated carbocycles. The quantitative estimate of drug-likeness (QED) is 0.775. The highest BCUT2D eigenvalue weighted by atomic mass is 16.2.